The number of esters is 1. The van der Waals surface area contributed by atoms with Gasteiger partial charge in [0, 0.05) is 10.6 Å². The van der Waals surface area contributed by atoms with Crippen LogP contribution in [0.5, 0.6) is 0 Å². The quantitative estimate of drug-likeness (QED) is 0.803. The van der Waals surface area contributed by atoms with Gasteiger partial charge in [0.05, 0.1) is 12.7 Å². The average molecular weight is 332 g/mol. The Hall–Kier alpha value is -2.34. The largest absolute Gasteiger partial charge is 0.465 e. The van der Waals surface area contributed by atoms with Crippen molar-refractivity contribution < 1.29 is 14.3 Å². The number of hydrogen-bond acceptors (Lipinski definition) is 4. The van der Waals surface area contributed by atoms with Gasteiger partial charge >= 0.3 is 12.0 Å². The highest BCUT2D eigenvalue weighted by atomic mass is 32.1. The SMILES string of the molecule is COC(=O)c1cc(C(C)C)sc1NC(=O)Nc1ccc(C)cc1. The summed E-state index contributed by atoms with van der Waals surface area (Å²) in [6.45, 7) is 6.04. The first-order valence-corrected chi connectivity index (χ1v) is 8.09. The number of nitrogens with one attached hydrogen (secondary N) is 2. The zero-order valence-electron chi connectivity index (χ0n) is 13.6. The molecule has 0 aliphatic heterocycles. The van der Waals surface area contributed by atoms with Gasteiger partial charge in [-0.25, -0.2) is 9.59 Å². The van der Waals surface area contributed by atoms with Gasteiger partial charge in [-0.2, -0.15) is 0 Å². The van der Waals surface area contributed by atoms with Crippen LogP contribution in [0, 0.1) is 6.92 Å². The second kappa shape index (κ2) is 7.28. The molecule has 5 nitrogen and oxygen atoms in total. The zero-order chi connectivity index (χ0) is 17.0. The number of carbonyl (C=O) groups is 2. The highest BCUT2D eigenvalue weighted by Crippen LogP contribution is 2.33. The summed E-state index contributed by atoms with van der Waals surface area (Å²) in [7, 11) is 1.32. The van der Waals surface area contributed by atoms with Gasteiger partial charge < -0.3 is 10.1 Å². The monoisotopic (exact) mass is 332 g/mol. The number of ether oxygens (including phenoxy) is 1. The minimum absolute atomic E-state index is 0.263. The van der Waals surface area contributed by atoms with Gasteiger partial charge in [-0.05, 0) is 31.0 Å². The van der Waals surface area contributed by atoms with Crippen molar-refractivity contribution in [3.8, 4) is 0 Å². The van der Waals surface area contributed by atoms with Crippen LogP contribution in [0.15, 0.2) is 30.3 Å². The molecule has 0 bridgehead atoms. The standard InChI is InChI=1S/C17H20N2O3S/c1-10(2)14-9-13(16(20)22-4)15(23-14)19-17(21)18-12-7-5-11(3)6-8-12/h5-10H,1-4H3,(H2,18,19,21). The van der Waals surface area contributed by atoms with Gasteiger partial charge in [-0.1, -0.05) is 31.5 Å². The number of urea groups is 1. The first-order chi connectivity index (χ1) is 10.9. The lowest BCUT2D eigenvalue weighted by Crippen LogP contribution is -2.20. The van der Waals surface area contributed by atoms with Crippen molar-refractivity contribution in [2.45, 2.75) is 26.7 Å². The number of carbonyl (C=O) groups excluding carboxylic acids is 2. The smallest absolute Gasteiger partial charge is 0.340 e. The number of hydrogen-bond donors (Lipinski definition) is 2. The Morgan fingerprint density at radius 3 is 2.35 bits per heavy atom. The maximum Gasteiger partial charge on any atom is 0.340 e. The van der Waals surface area contributed by atoms with Crippen molar-refractivity contribution in [3.05, 3.63) is 46.3 Å². The molecule has 2 aromatic rings. The van der Waals surface area contributed by atoms with Crippen LogP contribution in [0.1, 0.15) is 40.6 Å². The topological polar surface area (TPSA) is 67.4 Å². The Labute approximate surface area is 139 Å². The highest BCUT2D eigenvalue weighted by Gasteiger charge is 2.19. The minimum atomic E-state index is -0.459. The van der Waals surface area contributed by atoms with E-state index in [1.54, 1.807) is 6.07 Å². The molecule has 2 rings (SSSR count). The molecule has 122 valence electrons. The number of thiophene rings is 1. The van der Waals surface area contributed by atoms with Gasteiger partial charge in [0.2, 0.25) is 0 Å². The average Bonchev–Trinajstić information content (AvgIpc) is 2.93. The molecule has 0 aliphatic rings. The fraction of sp³-hybridized carbons (Fsp3) is 0.294. The summed E-state index contributed by atoms with van der Waals surface area (Å²) in [6.07, 6.45) is 0. The Bertz CT molecular complexity index is 705. The summed E-state index contributed by atoms with van der Waals surface area (Å²) in [5, 5.41) is 5.97. The molecule has 0 radical (unpaired) electrons. The lowest BCUT2D eigenvalue weighted by atomic mass is 10.1. The molecule has 0 spiro atoms. The van der Waals surface area contributed by atoms with Crippen LogP contribution in [0.3, 0.4) is 0 Å². The van der Waals surface area contributed by atoms with Gasteiger partial charge in [0.15, 0.2) is 0 Å². The van der Waals surface area contributed by atoms with Gasteiger partial charge in [0.25, 0.3) is 0 Å². The summed E-state index contributed by atoms with van der Waals surface area (Å²) in [5.41, 5.74) is 2.18. The third-order valence-electron chi connectivity index (χ3n) is 3.26. The molecule has 1 aromatic carbocycles. The number of rotatable bonds is 4. The third kappa shape index (κ3) is 4.32. The number of benzene rings is 1. The van der Waals surface area contributed by atoms with Crippen LogP contribution in [-0.4, -0.2) is 19.1 Å². The lowest BCUT2D eigenvalue weighted by Gasteiger charge is -2.08. The predicted molar refractivity (Wildman–Crippen MR) is 93.6 cm³/mol. The van der Waals surface area contributed by atoms with E-state index in [4.69, 9.17) is 4.74 Å². The molecule has 0 saturated carbocycles. The van der Waals surface area contributed by atoms with Gasteiger partial charge in [-0.15, -0.1) is 11.3 Å². The van der Waals surface area contributed by atoms with E-state index in [-0.39, 0.29) is 5.92 Å². The molecule has 2 amide bonds. The first kappa shape index (κ1) is 17.0. The Morgan fingerprint density at radius 2 is 1.78 bits per heavy atom. The van der Waals surface area contributed by atoms with E-state index in [2.05, 4.69) is 10.6 Å². The first-order valence-electron chi connectivity index (χ1n) is 7.27. The maximum absolute atomic E-state index is 12.1. The fourth-order valence-electron chi connectivity index (χ4n) is 1.95. The van der Waals surface area contributed by atoms with E-state index in [0.29, 0.717) is 16.3 Å². The Kier molecular flexibility index (Phi) is 5.39. The Morgan fingerprint density at radius 1 is 1.13 bits per heavy atom. The van der Waals surface area contributed by atoms with Crippen molar-refractivity contribution in [1.82, 2.24) is 0 Å². The molecular weight excluding hydrogens is 312 g/mol. The second-order valence-electron chi connectivity index (χ2n) is 5.48. The van der Waals surface area contributed by atoms with Crippen LogP contribution in [0.2, 0.25) is 0 Å². The minimum Gasteiger partial charge on any atom is -0.465 e. The van der Waals surface area contributed by atoms with E-state index in [0.717, 1.165) is 10.4 Å². The maximum atomic E-state index is 12.1. The summed E-state index contributed by atoms with van der Waals surface area (Å²) >= 11 is 1.38. The fourth-order valence-corrected chi connectivity index (χ4v) is 3.00. The number of methoxy groups -OCH3 is 1. The molecule has 2 N–H and O–H groups in total. The molecule has 6 heteroatoms. The molecular formula is C17H20N2O3S. The van der Waals surface area contributed by atoms with Crippen LogP contribution in [-0.2, 0) is 4.74 Å². The molecule has 0 fully saturated rings. The van der Waals surface area contributed by atoms with Crippen molar-refractivity contribution in [1.29, 1.82) is 0 Å². The molecule has 0 aliphatic carbocycles. The normalized spacial score (nSPS) is 10.5. The summed E-state index contributed by atoms with van der Waals surface area (Å²) < 4.78 is 4.78. The third-order valence-corrected chi connectivity index (χ3v) is 4.61. The number of aryl methyl sites for hydroxylation is 1. The van der Waals surface area contributed by atoms with Crippen LogP contribution in [0.25, 0.3) is 0 Å². The van der Waals surface area contributed by atoms with Crippen LogP contribution in [0.4, 0.5) is 15.5 Å². The van der Waals surface area contributed by atoms with Crippen molar-refractivity contribution in [3.63, 3.8) is 0 Å². The van der Waals surface area contributed by atoms with E-state index in [1.165, 1.54) is 18.4 Å². The molecule has 0 saturated heterocycles. The van der Waals surface area contributed by atoms with Crippen LogP contribution < -0.4 is 10.6 Å². The van der Waals surface area contributed by atoms with E-state index >= 15 is 0 Å². The van der Waals surface area contributed by atoms with Gasteiger partial charge in [0.1, 0.15) is 5.00 Å². The summed E-state index contributed by atoms with van der Waals surface area (Å²) in [5.74, 6) is -0.196. The predicted octanol–water partition coefficient (Wildman–Crippen LogP) is 4.61. The Balaban J connectivity index is 2.16. The van der Waals surface area contributed by atoms with E-state index < -0.39 is 12.0 Å². The molecule has 1 aromatic heterocycles. The van der Waals surface area contributed by atoms with E-state index in [9.17, 15) is 9.59 Å². The highest BCUT2D eigenvalue weighted by molar-refractivity contribution is 7.16. The second-order valence-corrected chi connectivity index (χ2v) is 6.57. The molecule has 0 unspecified atom stereocenters. The van der Waals surface area contributed by atoms with Gasteiger partial charge in [-0.3, -0.25) is 5.32 Å². The van der Waals surface area contributed by atoms with Crippen molar-refractivity contribution in [2.24, 2.45) is 0 Å². The summed E-state index contributed by atoms with van der Waals surface area (Å²) in [6, 6.07) is 8.85. The molecule has 23 heavy (non-hydrogen) atoms. The van der Waals surface area contributed by atoms with E-state index in [1.807, 2.05) is 45.0 Å². The zero-order valence-corrected chi connectivity index (χ0v) is 14.4. The van der Waals surface area contributed by atoms with Crippen molar-refractivity contribution >= 4 is 34.0 Å². The number of amides is 2. The molecule has 0 atom stereocenters. The lowest BCUT2D eigenvalue weighted by molar-refractivity contribution is 0.0602. The van der Waals surface area contributed by atoms with Crippen molar-refractivity contribution in [2.75, 3.05) is 17.7 Å². The van der Waals surface area contributed by atoms with Crippen LogP contribution >= 0.6 is 11.3 Å². The summed E-state index contributed by atoms with van der Waals surface area (Å²) in [4.78, 5) is 25.0. The number of anilines is 2. The molecule has 1 heterocycles.